The summed E-state index contributed by atoms with van der Waals surface area (Å²) < 4.78 is 5.08. The Hall–Kier alpha value is -1.92. The van der Waals surface area contributed by atoms with Crippen molar-refractivity contribution in [3.05, 3.63) is 46.0 Å². The number of thiophene rings is 1. The predicted octanol–water partition coefficient (Wildman–Crippen LogP) is 2.40. The van der Waals surface area contributed by atoms with Gasteiger partial charge in [-0.3, -0.25) is 9.69 Å². The first-order chi connectivity index (χ1) is 10.7. The molecule has 0 atom stereocenters. The molecule has 116 valence electrons. The van der Waals surface area contributed by atoms with Gasteiger partial charge in [-0.05, 0) is 24.4 Å². The summed E-state index contributed by atoms with van der Waals surface area (Å²) in [5, 5.41) is 6.02. The molecular weight excluding hydrogens is 298 g/mol. The first-order valence-corrected chi connectivity index (χ1v) is 8.24. The molecule has 3 rings (SSSR count). The van der Waals surface area contributed by atoms with E-state index in [1.807, 2.05) is 41.5 Å². The van der Waals surface area contributed by atoms with Crippen LogP contribution in [0.1, 0.15) is 16.3 Å². The van der Waals surface area contributed by atoms with Crippen molar-refractivity contribution in [1.82, 2.24) is 15.0 Å². The van der Waals surface area contributed by atoms with Crippen LogP contribution in [-0.2, 0) is 11.3 Å². The second-order valence-corrected chi connectivity index (χ2v) is 6.36. The molecule has 1 aliphatic heterocycles. The second-order valence-electron chi connectivity index (χ2n) is 5.38. The number of hydrogen-bond donors (Lipinski definition) is 0. The van der Waals surface area contributed by atoms with Crippen LogP contribution in [-0.4, -0.2) is 47.0 Å². The number of rotatable bonds is 4. The molecular formula is C16H19N3O2S. The summed E-state index contributed by atoms with van der Waals surface area (Å²) >= 11 is 1.63. The fraction of sp³-hybridized carbons (Fsp3) is 0.375. The van der Waals surface area contributed by atoms with Gasteiger partial charge in [-0.25, -0.2) is 0 Å². The number of carbonyl (C=O) groups excluding carboxylic acids is 1. The monoisotopic (exact) mass is 317 g/mol. The van der Waals surface area contributed by atoms with Gasteiger partial charge in [-0.15, -0.1) is 11.3 Å². The van der Waals surface area contributed by atoms with E-state index >= 15 is 0 Å². The van der Waals surface area contributed by atoms with Crippen LogP contribution in [0.2, 0.25) is 0 Å². The third-order valence-electron chi connectivity index (χ3n) is 3.68. The lowest BCUT2D eigenvalue weighted by Gasteiger charge is -2.33. The Morgan fingerprint density at radius 2 is 2.23 bits per heavy atom. The molecule has 0 spiro atoms. The summed E-state index contributed by atoms with van der Waals surface area (Å²) in [5.41, 5.74) is 0.954. The minimum atomic E-state index is 0.0883. The van der Waals surface area contributed by atoms with Crippen LogP contribution in [0.5, 0.6) is 0 Å². The standard InChI is InChI=1S/C16H19N3O2S/c1-13-11-14(17-21-13)12-18-6-8-19(9-7-18)16(20)5-4-15-3-2-10-22-15/h2-5,10-11H,6-9,12H2,1H3. The molecule has 2 aromatic rings. The van der Waals surface area contributed by atoms with Crippen LogP contribution in [0.3, 0.4) is 0 Å². The highest BCUT2D eigenvalue weighted by atomic mass is 32.1. The molecule has 1 amide bonds. The number of aryl methyl sites for hydroxylation is 1. The van der Waals surface area contributed by atoms with Crippen LogP contribution in [0.25, 0.3) is 6.08 Å². The number of nitrogens with zero attached hydrogens (tertiary/aromatic N) is 3. The van der Waals surface area contributed by atoms with E-state index < -0.39 is 0 Å². The third-order valence-corrected chi connectivity index (χ3v) is 4.52. The molecule has 2 aromatic heterocycles. The van der Waals surface area contributed by atoms with Gasteiger partial charge < -0.3 is 9.42 Å². The van der Waals surface area contributed by atoms with Crippen molar-refractivity contribution >= 4 is 23.3 Å². The largest absolute Gasteiger partial charge is 0.361 e. The summed E-state index contributed by atoms with van der Waals surface area (Å²) in [6, 6.07) is 5.95. The van der Waals surface area contributed by atoms with Crippen LogP contribution in [0, 0.1) is 6.92 Å². The van der Waals surface area contributed by atoms with Gasteiger partial charge in [0.05, 0.1) is 5.69 Å². The summed E-state index contributed by atoms with van der Waals surface area (Å²) in [7, 11) is 0. The van der Waals surface area contributed by atoms with Crippen molar-refractivity contribution in [3.8, 4) is 0 Å². The summed E-state index contributed by atoms with van der Waals surface area (Å²) in [4.78, 5) is 17.5. The molecule has 5 nitrogen and oxygen atoms in total. The number of piperazine rings is 1. The average molecular weight is 317 g/mol. The van der Waals surface area contributed by atoms with E-state index in [0.717, 1.165) is 49.1 Å². The zero-order valence-corrected chi connectivity index (χ0v) is 13.4. The normalized spacial score (nSPS) is 16.5. The molecule has 6 heteroatoms. The SMILES string of the molecule is Cc1cc(CN2CCN(C(=O)C=Cc3cccs3)CC2)no1. The third kappa shape index (κ3) is 3.84. The quantitative estimate of drug-likeness (QED) is 0.813. The zero-order valence-electron chi connectivity index (χ0n) is 12.6. The van der Waals surface area contributed by atoms with Crippen LogP contribution >= 0.6 is 11.3 Å². The molecule has 0 unspecified atom stereocenters. The van der Waals surface area contributed by atoms with Gasteiger partial charge in [-0.2, -0.15) is 0 Å². The Morgan fingerprint density at radius 1 is 1.41 bits per heavy atom. The van der Waals surface area contributed by atoms with E-state index in [2.05, 4.69) is 10.1 Å². The van der Waals surface area contributed by atoms with Crippen molar-refractivity contribution in [1.29, 1.82) is 0 Å². The highest BCUT2D eigenvalue weighted by Gasteiger charge is 2.20. The molecule has 0 aliphatic carbocycles. The molecule has 1 fully saturated rings. The maximum absolute atomic E-state index is 12.2. The second kappa shape index (κ2) is 6.89. The Morgan fingerprint density at radius 3 is 2.86 bits per heavy atom. The van der Waals surface area contributed by atoms with Gasteiger partial charge in [0.2, 0.25) is 5.91 Å². The number of amides is 1. The summed E-state index contributed by atoms with van der Waals surface area (Å²) in [5.74, 6) is 0.924. The minimum Gasteiger partial charge on any atom is -0.361 e. The molecule has 0 radical (unpaired) electrons. The van der Waals surface area contributed by atoms with E-state index in [0.29, 0.717) is 0 Å². The predicted molar refractivity (Wildman–Crippen MR) is 86.5 cm³/mol. The van der Waals surface area contributed by atoms with Gasteiger partial charge >= 0.3 is 0 Å². The molecule has 0 N–H and O–H groups in total. The maximum Gasteiger partial charge on any atom is 0.246 e. The smallest absolute Gasteiger partial charge is 0.246 e. The van der Waals surface area contributed by atoms with Crippen molar-refractivity contribution in [3.63, 3.8) is 0 Å². The lowest BCUT2D eigenvalue weighted by atomic mass is 10.2. The number of aromatic nitrogens is 1. The Balaban J connectivity index is 1.47. The minimum absolute atomic E-state index is 0.0883. The molecule has 0 saturated carbocycles. The highest BCUT2D eigenvalue weighted by Crippen LogP contribution is 2.12. The topological polar surface area (TPSA) is 49.6 Å². The zero-order chi connectivity index (χ0) is 15.4. The highest BCUT2D eigenvalue weighted by molar-refractivity contribution is 7.10. The number of hydrogen-bond acceptors (Lipinski definition) is 5. The Kier molecular flexibility index (Phi) is 4.70. The van der Waals surface area contributed by atoms with Gasteiger partial charge in [-0.1, -0.05) is 11.2 Å². The van der Waals surface area contributed by atoms with Crippen LogP contribution in [0.4, 0.5) is 0 Å². The van der Waals surface area contributed by atoms with Crippen LogP contribution in [0.15, 0.2) is 34.2 Å². The summed E-state index contributed by atoms with van der Waals surface area (Å²) in [6.45, 7) is 5.92. The number of carbonyl (C=O) groups is 1. The fourth-order valence-corrected chi connectivity index (χ4v) is 3.11. The average Bonchev–Trinajstić information content (AvgIpc) is 3.17. The first kappa shape index (κ1) is 15.0. The van der Waals surface area contributed by atoms with Crippen molar-refractivity contribution in [2.45, 2.75) is 13.5 Å². The summed E-state index contributed by atoms with van der Waals surface area (Å²) in [6.07, 6.45) is 3.56. The van der Waals surface area contributed by atoms with Crippen molar-refractivity contribution in [2.75, 3.05) is 26.2 Å². The van der Waals surface area contributed by atoms with E-state index in [-0.39, 0.29) is 5.91 Å². The first-order valence-electron chi connectivity index (χ1n) is 7.36. The van der Waals surface area contributed by atoms with Crippen molar-refractivity contribution < 1.29 is 9.32 Å². The molecule has 1 aliphatic rings. The van der Waals surface area contributed by atoms with E-state index in [1.54, 1.807) is 17.4 Å². The van der Waals surface area contributed by atoms with Gasteiger partial charge in [0.1, 0.15) is 5.76 Å². The molecule has 0 aromatic carbocycles. The van der Waals surface area contributed by atoms with Gasteiger partial charge in [0.25, 0.3) is 0 Å². The van der Waals surface area contributed by atoms with Crippen LogP contribution < -0.4 is 0 Å². The molecule has 0 bridgehead atoms. The van der Waals surface area contributed by atoms with E-state index in [4.69, 9.17) is 4.52 Å². The van der Waals surface area contributed by atoms with Gasteiger partial charge in [0.15, 0.2) is 0 Å². The molecule has 1 saturated heterocycles. The molecule has 3 heterocycles. The maximum atomic E-state index is 12.2. The molecule has 22 heavy (non-hydrogen) atoms. The van der Waals surface area contributed by atoms with E-state index in [9.17, 15) is 4.79 Å². The Bertz CT molecular complexity index is 640. The Labute approximate surface area is 133 Å². The lowest BCUT2D eigenvalue weighted by Crippen LogP contribution is -2.47. The van der Waals surface area contributed by atoms with Crippen molar-refractivity contribution in [2.24, 2.45) is 0 Å². The lowest BCUT2D eigenvalue weighted by molar-refractivity contribution is -0.127. The van der Waals surface area contributed by atoms with E-state index in [1.165, 1.54) is 0 Å². The van der Waals surface area contributed by atoms with Gasteiger partial charge in [0, 0.05) is 49.7 Å². The fourth-order valence-electron chi connectivity index (χ4n) is 2.49.